The van der Waals surface area contributed by atoms with Crippen LogP contribution < -0.4 is 0 Å². The van der Waals surface area contributed by atoms with Gasteiger partial charge in [-0.1, -0.05) is 36.4 Å². The highest BCUT2D eigenvalue weighted by molar-refractivity contribution is 7.14. The van der Waals surface area contributed by atoms with Gasteiger partial charge in [-0.25, -0.2) is 4.79 Å². The van der Waals surface area contributed by atoms with Gasteiger partial charge in [-0.3, -0.25) is 10.1 Å². The molecule has 124 valence electrons. The van der Waals surface area contributed by atoms with Crippen LogP contribution in [-0.2, 0) is 5.60 Å². The van der Waals surface area contributed by atoms with Gasteiger partial charge in [0.25, 0.3) is 5.70 Å². The van der Waals surface area contributed by atoms with Crippen LogP contribution in [0, 0.1) is 10.1 Å². The van der Waals surface area contributed by atoms with E-state index < -0.39 is 16.5 Å². The van der Waals surface area contributed by atoms with Gasteiger partial charge >= 0.3 is 5.97 Å². The average Bonchev–Trinajstić information content (AvgIpc) is 3.11. The van der Waals surface area contributed by atoms with Crippen molar-refractivity contribution in [2.24, 2.45) is 0 Å². The van der Waals surface area contributed by atoms with Crippen molar-refractivity contribution >= 4 is 22.9 Å². The number of benzene rings is 1. The first-order valence-electron chi connectivity index (χ1n) is 7.38. The van der Waals surface area contributed by atoms with Crippen LogP contribution in [0.15, 0.2) is 71.5 Å². The topological polar surface area (TPSA) is 101 Å². The summed E-state index contributed by atoms with van der Waals surface area (Å²) < 4.78 is 0. The summed E-state index contributed by atoms with van der Waals surface area (Å²) in [5, 5.41) is 31.8. The van der Waals surface area contributed by atoms with Crippen LogP contribution in [0.3, 0.4) is 0 Å². The van der Waals surface area contributed by atoms with Crippen molar-refractivity contribution in [3.8, 4) is 0 Å². The Balaban J connectivity index is 1.89. The first kappa shape index (κ1) is 15.5. The monoisotopic (exact) mass is 353 g/mol. The second kappa shape index (κ2) is 5.23. The summed E-state index contributed by atoms with van der Waals surface area (Å²) in [4.78, 5) is 22.5. The highest BCUT2D eigenvalue weighted by atomic mass is 32.1. The van der Waals surface area contributed by atoms with E-state index in [4.69, 9.17) is 5.11 Å². The van der Waals surface area contributed by atoms with E-state index in [1.807, 2.05) is 30.3 Å². The molecule has 2 N–H and O–H groups in total. The fourth-order valence-corrected chi connectivity index (χ4v) is 4.23. The molecule has 4 rings (SSSR count). The van der Waals surface area contributed by atoms with Crippen LogP contribution in [0.5, 0.6) is 0 Å². The molecule has 1 atom stereocenters. The zero-order valence-corrected chi connectivity index (χ0v) is 13.5. The van der Waals surface area contributed by atoms with Gasteiger partial charge < -0.3 is 10.2 Å². The van der Waals surface area contributed by atoms with Gasteiger partial charge in [0, 0.05) is 4.88 Å². The third-order valence-electron chi connectivity index (χ3n) is 4.37. The summed E-state index contributed by atoms with van der Waals surface area (Å²) in [6, 6.07) is 12.0. The number of aliphatic hydroxyl groups is 1. The molecule has 0 aliphatic heterocycles. The smallest absolute Gasteiger partial charge is 0.345 e. The molecule has 2 bridgehead atoms. The lowest BCUT2D eigenvalue weighted by Gasteiger charge is -2.42. The van der Waals surface area contributed by atoms with Gasteiger partial charge in [0.2, 0.25) is 0 Å². The fourth-order valence-electron chi connectivity index (χ4n) is 3.27. The van der Waals surface area contributed by atoms with Crippen molar-refractivity contribution in [1.29, 1.82) is 0 Å². The van der Waals surface area contributed by atoms with E-state index in [0.717, 1.165) is 16.9 Å². The average molecular weight is 353 g/mol. The van der Waals surface area contributed by atoms with Gasteiger partial charge in [0.05, 0.1) is 16.1 Å². The van der Waals surface area contributed by atoms with Gasteiger partial charge in [0.15, 0.2) is 5.60 Å². The second-order valence-corrected chi connectivity index (χ2v) is 6.77. The fraction of sp³-hybridized carbons (Fsp3) is 0.0556. The van der Waals surface area contributed by atoms with E-state index >= 15 is 0 Å². The molecule has 1 aromatic carbocycles. The Kier molecular flexibility index (Phi) is 3.24. The molecule has 1 aromatic heterocycles. The van der Waals surface area contributed by atoms with Crippen LogP contribution in [0.25, 0.3) is 5.57 Å². The second-order valence-electron chi connectivity index (χ2n) is 5.69. The minimum atomic E-state index is -1.65. The normalized spacial score (nSPS) is 21.3. The summed E-state index contributed by atoms with van der Waals surface area (Å²) in [6.45, 7) is 0. The molecule has 0 fully saturated rings. The quantitative estimate of drug-likeness (QED) is 0.649. The van der Waals surface area contributed by atoms with Gasteiger partial charge in [-0.15, -0.1) is 11.3 Å². The standard InChI is InChI=1S/C18H11NO5S/c20-17(21)13-8-9-14(25-13)18(22)12-7-6-11(10-4-2-1-3-5-10)15(18)16(12)19(23)24/h1-9,22H,(H,20,21). The van der Waals surface area contributed by atoms with Crippen molar-refractivity contribution in [1.82, 2.24) is 0 Å². The zero-order valence-electron chi connectivity index (χ0n) is 12.7. The Hall–Kier alpha value is -3.03. The molecule has 1 heterocycles. The predicted molar refractivity (Wildman–Crippen MR) is 91.7 cm³/mol. The van der Waals surface area contributed by atoms with E-state index in [0.29, 0.717) is 10.5 Å². The van der Waals surface area contributed by atoms with Gasteiger partial charge in [0.1, 0.15) is 4.88 Å². The molecule has 0 amide bonds. The summed E-state index contributed by atoms with van der Waals surface area (Å²) in [6.07, 6.45) is 3.28. The van der Waals surface area contributed by atoms with Crippen molar-refractivity contribution < 1.29 is 19.9 Å². The van der Waals surface area contributed by atoms with Crippen LogP contribution in [0.1, 0.15) is 20.1 Å². The van der Waals surface area contributed by atoms with Gasteiger partial charge in [-0.05, 0) is 29.3 Å². The Morgan fingerprint density at radius 2 is 1.84 bits per heavy atom. The molecule has 25 heavy (non-hydrogen) atoms. The van der Waals surface area contributed by atoms with Crippen LogP contribution >= 0.6 is 11.3 Å². The minimum Gasteiger partial charge on any atom is -0.477 e. The Labute approximate surface area is 145 Å². The van der Waals surface area contributed by atoms with Crippen molar-refractivity contribution in [3.05, 3.63) is 96.9 Å². The SMILES string of the molecule is O=C(O)c1ccc(C2(O)c3ccc(-c4ccccc4)c2c3[N+](=O)[O-])s1. The number of hydrogen-bond donors (Lipinski definition) is 2. The molecule has 6 nitrogen and oxygen atoms in total. The maximum absolute atomic E-state index is 11.5. The Bertz CT molecular complexity index is 1020. The lowest BCUT2D eigenvalue weighted by molar-refractivity contribution is -0.429. The summed E-state index contributed by atoms with van der Waals surface area (Å²) in [5.74, 6) is -1.10. The third-order valence-corrected chi connectivity index (χ3v) is 5.55. The maximum Gasteiger partial charge on any atom is 0.345 e. The maximum atomic E-state index is 11.5. The summed E-state index contributed by atoms with van der Waals surface area (Å²) in [5.41, 5.74) is -0.0591. The molecule has 2 aliphatic carbocycles. The lowest BCUT2D eigenvalue weighted by atomic mass is 9.64. The first-order valence-corrected chi connectivity index (χ1v) is 8.20. The van der Waals surface area contributed by atoms with E-state index in [-0.39, 0.29) is 21.7 Å². The molecule has 0 saturated carbocycles. The molecule has 1 unspecified atom stereocenters. The third kappa shape index (κ3) is 2.03. The summed E-state index contributed by atoms with van der Waals surface area (Å²) in [7, 11) is 0. The van der Waals surface area contributed by atoms with E-state index in [2.05, 4.69) is 0 Å². The van der Waals surface area contributed by atoms with Crippen molar-refractivity contribution in [2.45, 2.75) is 5.60 Å². The largest absolute Gasteiger partial charge is 0.477 e. The molecule has 0 spiro atoms. The molecule has 2 aromatic rings. The van der Waals surface area contributed by atoms with E-state index in [1.54, 1.807) is 6.08 Å². The van der Waals surface area contributed by atoms with Crippen molar-refractivity contribution in [2.75, 3.05) is 0 Å². The van der Waals surface area contributed by atoms with Crippen LogP contribution in [0.4, 0.5) is 0 Å². The number of fused-ring (bicyclic) bond motifs is 2. The number of nitrogens with zero attached hydrogens (tertiary/aromatic N) is 1. The zero-order chi connectivity index (χ0) is 17.8. The molecular weight excluding hydrogens is 342 g/mol. The Morgan fingerprint density at radius 3 is 2.44 bits per heavy atom. The molecular formula is C18H11NO5S. The highest BCUT2D eigenvalue weighted by Crippen LogP contribution is 2.59. The highest BCUT2D eigenvalue weighted by Gasteiger charge is 2.59. The van der Waals surface area contributed by atoms with Crippen LogP contribution in [-0.4, -0.2) is 21.1 Å². The number of rotatable bonds is 4. The number of nitro groups is 1. The van der Waals surface area contributed by atoms with Crippen molar-refractivity contribution in [3.63, 3.8) is 0 Å². The molecule has 2 aliphatic rings. The number of aromatic carboxylic acids is 1. The lowest BCUT2D eigenvalue weighted by Crippen LogP contribution is -2.44. The van der Waals surface area contributed by atoms with E-state index in [9.17, 15) is 20.0 Å². The Morgan fingerprint density at radius 1 is 1.12 bits per heavy atom. The first-order chi connectivity index (χ1) is 11.9. The van der Waals surface area contributed by atoms with E-state index in [1.165, 1.54) is 18.2 Å². The number of carboxylic acid groups (broad SMARTS) is 1. The number of allylic oxidation sites excluding steroid dienone is 2. The number of carboxylic acids is 1. The number of thiophene rings is 1. The molecule has 7 heteroatoms. The molecule has 0 saturated heterocycles. The predicted octanol–water partition coefficient (Wildman–Crippen LogP) is 3.20. The van der Waals surface area contributed by atoms with Crippen LogP contribution in [0.2, 0.25) is 0 Å². The summed E-state index contributed by atoms with van der Waals surface area (Å²) >= 11 is 0.917. The number of carbonyl (C=O) groups is 1. The number of hydrogen-bond acceptors (Lipinski definition) is 5. The molecule has 0 radical (unpaired) electrons. The minimum absolute atomic E-state index is 0.0718. The van der Waals surface area contributed by atoms with Gasteiger partial charge in [-0.2, -0.15) is 0 Å².